The molecule has 9 heteroatoms. The van der Waals surface area contributed by atoms with Gasteiger partial charge in [0.25, 0.3) is 0 Å². The summed E-state index contributed by atoms with van der Waals surface area (Å²) in [6.07, 6.45) is 3.11. The number of hydrogen-bond acceptors (Lipinski definition) is 7. The summed E-state index contributed by atoms with van der Waals surface area (Å²) in [6, 6.07) is 26.1. The minimum absolute atomic E-state index is 0.106. The lowest BCUT2D eigenvalue weighted by atomic mass is 10.0. The Kier molecular flexibility index (Phi) is 9.23. The predicted octanol–water partition coefficient (Wildman–Crippen LogP) is 5.44. The molecule has 3 atom stereocenters. The Hall–Kier alpha value is -3.76. The van der Waals surface area contributed by atoms with Crippen LogP contribution in [0.1, 0.15) is 19.4 Å². The Morgan fingerprint density at radius 2 is 1.69 bits per heavy atom. The number of aliphatic hydroxyl groups excluding tert-OH is 1. The van der Waals surface area contributed by atoms with E-state index < -0.39 is 16.1 Å². The van der Waals surface area contributed by atoms with E-state index in [4.69, 9.17) is 9.47 Å². The van der Waals surface area contributed by atoms with Gasteiger partial charge in [0.1, 0.15) is 28.2 Å². The summed E-state index contributed by atoms with van der Waals surface area (Å²) in [4.78, 5) is 6.37. The number of nitrogens with zero attached hydrogens (tertiary/aromatic N) is 3. The van der Waals surface area contributed by atoms with Crippen molar-refractivity contribution in [2.45, 2.75) is 37.4 Å². The van der Waals surface area contributed by atoms with E-state index >= 15 is 0 Å². The van der Waals surface area contributed by atoms with Crippen LogP contribution in [0, 0.1) is 5.92 Å². The molecule has 1 aromatic heterocycles. The summed E-state index contributed by atoms with van der Waals surface area (Å²) in [5.41, 5.74) is 2.87. The highest BCUT2D eigenvalue weighted by molar-refractivity contribution is 7.89. The summed E-state index contributed by atoms with van der Waals surface area (Å²) < 4.78 is 41.5. The van der Waals surface area contributed by atoms with Crippen molar-refractivity contribution >= 4 is 10.0 Å². The molecule has 220 valence electrons. The Balaban J connectivity index is 1.38. The zero-order valence-corrected chi connectivity index (χ0v) is 24.9. The number of fused-ring (bicyclic) bond motifs is 1. The minimum atomic E-state index is -3.90. The van der Waals surface area contributed by atoms with Crippen LogP contribution in [0.15, 0.2) is 102 Å². The van der Waals surface area contributed by atoms with Gasteiger partial charge >= 0.3 is 0 Å². The molecule has 0 saturated carbocycles. The molecule has 1 N–H and O–H groups in total. The second-order valence-electron chi connectivity index (χ2n) is 10.9. The van der Waals surface area contributed by atoms with Gasteiger partial charge in [-0.15, -0.1) is 0 Å². The van der Waals surface area contributed by atoms with Gasteiger partial charge in [0, 0.05) is 44.0 Å². The van der Waals surface area contributed by atoms with Crippen LogP contribution in [0.4, 0.5) is 0 Å². The fraction of sp³-hybridized carbons (Fsp3) is 0.303. The van der Waals surface area contributed by atoms with E-state index in [9.17, 15) is 13.5 Å². The number of para-hydroxylation sites is 1. The highest BCUT2D eigenvalue weighted by Crippen LogP contribution is 2.36. The van der Waals surface area contributed by atoms with Gasteiger partial charge in [-0.1, -0.05) is 43.3 Å². The third-order valence-corrected chi connectivity index (χ3v) is 9.55. The molecule has 0 aliphatic carbocycles. The number of likely N-dealkylation sites (N-methyl/N-ethyl adjacent to an activating group) is 1. The summed E-state index contributed by atoms with van der Waals surface area (Å²) in [5, 5.41) is 9.93. The molecule has 0 saturated heterocycles. The zero-order valence-electron chi connectivity index (χ0n) is 24.1. The van der Waals surface area contributed by atoms with Gasteiger partial charge < -0.3 is 14.6 Å². The molecule has 0 amide bonds. The van der Waals surface area contributed by atoms with E-state index in [-0.39, 0.29) is 30.1 Å². The smallest absolute Gasteiger partial charge is 0.247 e. The summed E-state index contributed by atoms with van der Waals surface area (Å²) >= 11 is 0. The lowest BCUT2D eigenvalue weighted by Gasteiger charge is -2.37. The summed E-state index contributed by atoms with van der Waals surface area (Å²) in [7, 11) is -1.87. The normalized spacial score (nSPS) is 19.3. The molecule has 0 radical (unpaired) electrons. The van der Waals surface area contributed by atoms with Crippen LogP contribution in [0.3, 0.4) is 0 Å². The van der Waals surface area contributed by atoms with Gasteiger partial charge in [0.15, 0.2) is 0 Å². The number of aromatic nitrogens is 1. The van der Waals surface area contributed by atoms with E-state index in [0.717, 1.165) is 28.2 Å². The highest BCUT2D eigenvalue weighted by Gasteiger charge is 2.38. The molecule has 0 fully saturated rings. The average Bonchev–Trinajstić information content (AvgIpc) is 3.00. The van der Waals surface area contributed by atoms with Crippen LogP contribution < -0.4 is 9.47 Å². The fourth-order valence-electron chi connectivity index (χ4n) is 5.14. The fourth-order valence-corrected chi connectivity index (χ4v) is 6.96. The van der Waals surface area contributed by atoms with Crippen molar-refractivity contribution in [1.82, 2.24) is 14.2 Å². The molecule has 1 aliphatic rings. The Bertz CT molecular complexity index is 1570. The number of rotatable bonds is 9. The molecule has 42 heavy (non-hydrogen) atoms. The average molecular weight is 588 g/mol. The van der Waals surface area contributed by atoms with Crippen molar-refractivity contribution in [2.75, 3.05) is 26.7 Å². The molecule has 4 aromatic rings. The van der Waals surface area contributed by atoms with E-state index in [1.54, 1.807) is 37.5 Å². The number of benzene rings is 3. The van der Waals surface area contributed by atoms with Crippen LogP contribution in [0.5, 0.6) is 17.2 Å². The molecule has 0 unspecified atom stereocenters. The molecule has 5 rings (SSSR count). The van der Waals surface area contributed by atoms with E-state index in [1.807, 2.05) is 80.7 Å². The van der Waals surface area contributed by atoms with Crippen LogP contribution in [-0.4, -0.2) is 66.6 Å². The third-order valence-electron chi connectivity index (χ3n) is 7.53. The number of sulfonamides is 1. The van der Waals surface area contributed by atoms with E-state index in [1.165, 1.54) is 4.31 Å². The Morgan fingerprint density at radius 3 is 2.38 bits per heavy atom. The predicted molar refractivity (Wildman–Crippen MR) is 163 cm³/mol. The van der Waals surface area contributed by atoms with Crippen LogP contribution in [0.25, 0.3) is 11.1 Å². The van der Waals surface area contributed by atoms with Gasteiger partial charge in [-0.3, -0.25) is 9.88 Å². The number of hydrogen-bond donors (Lipinski definition) is 1. The van der Waals surface area contributed by atoms with Gasteiger partial charge in [-0.05, 0) is 79.2 Å². The van der Waals surface area contributed by atoms with Crippen LogP contribution in [0.2, 0.25) is 0 Å². The van der Waals surface area contributed by atoms with Crippen molar-refractivity contribution in [2.24, 2.45) is 5.92 Å². The van der Waals surface area contributed by atoms with E-state index in [0.29, 0.717) is 18.8 Å². The molecule has 8 nitrogen and oxygen atoms in total. The monoisotopic (exact) mass is 587 g/mol. The van der Waals surface area contributed by atoms with Crippen LogP contribution >= 0.6 is 0 Å². The molecular formula is C33H37N3O5S. The van der Waals surface area contributed by atoms with Crippen molar-refractivity contribution in [1.29, 1.82) is 0 Å². The maximum Gasteiger partial charge on any atom is 0.247 e. The quantitative estimate of drug-likeness (QED) is 0.279. The van der Waals surface area contributed by atoms with Crippen LogP contribution in [-0.2, 0) is 16.6 Å². The molecule has 1 aliphatic heterocycles. The first kappa shape index (κ1) is 29.7. The topological polar surface area (TPSA) is 92.2 Å². The van der Waals surface area contributed by atoms with Crippen molar-refractivity contribution in [3.05, 3.63) is 103 Å². The first-order valence-electron chi connectivity index (χ1n) is 14.1. The number of ether oxygens (including phenoxy) is 2. The zero-order chi connectivity index (χ0) is 29.7. The lowest BCUT2D eigenvalue weighted by molar-refractivity contribution is 0.0734. The van der Waals surface area contributed by atoms with Crippen molar-refractivity contribution in [3.63, 3.8) is 0 Å². The number of aliphatic hydroxyl groups is 1. The molecule has 0 bridgehead atoms. The van der Waals surface area contributed by atoms with Gasteiger partial charge in [0.2, 0.25) is 10.0 Å². The summed E-state index contributed by atoms with van der Waals surface area (Å²) in [5.74, 6) is 1.73. The molecular weight excluding hydrogens is 550 g/mol. The second-order valence-corrected chi connectivity index (χ2v) is 12.8. The second kappa shape index (κ2) is 13.0. The first-order chi connectivity index (χ1) is 20.2. The first-order valence-corrected chi connectivity index (χ1v) is 15.5. The molecule has 0 spiro atoms. The largest absolute Gasteiger partial charge is 0.487 e. The van der Waals surface area contributed by atoms with Gasteiger partial charge in [-0.2, -0.15) is 4.31 Å². The third kappa shape index (κ3) is 6.82. The molecule has 3 aromatic carbocycles. The Morgan fingerprint density at radius 1 is 1.00 bits per heavy atom. The SMILES string of the molecule is C[C@H](CO)N1C[C@H](C)[C@H](CN(C)Cc2ccc(Oc3ccccc3)cc2)Oc2cc(-c3ccncc3)ccc2S1(=O)=O. The maximum absolute atomic E-state index is 13.8. The van der Waals surface area contributed by atoms with Gasteiger partial charge in [0.05, 0.1) is 6.61 Å². The number of pyridine rings is 1. The Labute approximate surface area is 248 Å². The van der Waals surface area contributed by atoms with E-state index in [2.05, 4.69) is 9.88 Å². The molecule has 2 heterocycles. The standard InChI is InChI=1S/C33H37N3O5S/c1-24-20-36(25(2)23-37)42(38,39)33-14-11-28(27-15-17-34-18-16-27)19-31(33)41-32(24)22-35(3)21-26-9-12-30(13-10-26)40-29-7-5-4-6-8-29/h4-19,24-25,32,37H,20-23H2,1-3H3/t24-,25+,32-/m0/s1. The van der Waals surface area contributed by atoms with Crippen molar-refractivity contribution < 1.29 is 23.0 Å². The lowest BCUT2D eigenvalue weighted by Crippen LogP contribution is -2.49. The minimum Gasteiger partial charge on any atom is -0.487 e. The maximum atomic E-state index is 13.8. The van der Waals surface area contributed by atoms with Gasteiger partial charge in [-0.25, -0.2) is 8.42 Å². The van der Waals surface area contributed by atoms with Crippen molar-refractivity contribution in [3.8, 4) is 28.4 Å². The summed E-state index contributed by atoms with van der Waals surface area (Å²) in [6.45, 7) is 4.94. The highest BCUT2D eigenvalue weighted by atomic mass is 32.2.